The van der Waals surface area contributed by atoms with Gasteiger partial charge in [-0.05, 0) is 12.0 Å². The van der Waals surface area contributed by atoms with E-state index in [1.807, 2.05) is 0 Å². The van der Waals surface area contributed by atoms with Crippen molar-refractivity contribution >= 4 is 29.3 Å². The van der Waals surface area contributed by atoms with Crippen LogP contribution in [0.15, 0.2) is 12.3 Å². The minimum absolute atomic E-state index is 0.00579. The molecule has 0 spiro atoms. The van der Waals surface area contributed by atoms with Crippen LogP contribution < -0.4 is 10.6 Å². The van der Waals surface area contributed by atoms with Crippen molar-refractivity contribution in [2.75, 3.05) is 23.1 Å². The number of alkyl halides is 1. The van der Waals surface area contributed by atoms with E-state index < -0.39 is 0 Å². The van der Waals surface area contributed by atoms with Crippen LogP contribution in [0, 0.1) is 5.92 Å². The maximum atomic E-state index is 11.6. The molecule has 1 aromatic rings. The second kappa shape index (κ2) is 4.02. The molecule has 1 atom stereocenters. The molecule has 0 bridgehead atoms. The summed E-state index contributed by atoms with van der Waals surface area (Å²) in [5, 5.41) is 0. The van der Waals surface area contributed by atoms with Crippen molar-refractivity contribution in [3.05, 3.63) is 12.3 Å². The third-order valence-electron chi connectivity index (χ3n) is 2.33. The van der Waals surface area contributed by atoms with E-state index in [0.29, 0.717) is 30.6 Å². The Labute approximate surface area is 92.3 Å². The zero-order chi connectivity index (χ0) is 10.8. The highest BCUT2D eigenvalue weighted by molar-refractivity contribution is 6.18. The molecule has 1 aliphatic rings. The average molecular weight is 227 g/mol. The van der Waals surface area contributed by atoms with Crippen molar-refractivity contribution < 1.29 is 4.79 Å². The Morgan fingerprint density at radius 2 is 2.47 bits per heavy atom. The number of hydrogen-bond acceptors (Lipinski definition) is 4. The molecule has 1 fully saturated rings. The van der Waals surface area contributed by atoms with E-state index in [-0.39, 0.29) is 11.8 Å². The van der Waals surface area contributed by atoms with Crippen LogP contribution in [0.5, 0.6) is 0 Å². The van der Waals surface area contributed by atoms with Gasteiger partial charge in [0.15, 0.2) is 0 Å². The van der Waals surface area contributed by atoms with Gasteiger partial charge in [0.25, 0.3) is 0 Å². The number of amides is 1. The summed E-state index contributed by atoms with van der Waals surface area (Å²) in [4.78, 5) is 21.1. The number of carbonyl (C=O) groups is 1. The normalized spacial score (nSPS) is 21.0. The number of halogens is 1. The van der Waals surface area contributed by atoms with E-state index in [1.165, 1.54) is 4.90 Å². The minimum atomic E-state index is 0.00579. The molecule has 1 aliphatic heterocycles. The van der Waals surface area contributed by atoms with Crippen molar-refractivity contribution in [1.82, 2.24) is 9.97 Å². The average Bonchev–Trinajstić information content (AvgIpc) is 2.60. The zero-order valence-electron chi connectivity index (χ0n) is 8.06. The minimum Gasteiger partial charge on any atom is -0.384 e. The number of anilines is 2. The molecular weight excluding hydrogens is 216 g/mol. The van der Waals surface area contributed by atoms with Crippen LogP contribution >= 0.6 is 11.6 Å². The molecule has 0 saturated carbocycles. The largest absolute Gasteiger partial charge is 0.384 e. The van der Waals surface area contributed by atoms with Crippen LogP contribution in [0.25, 0.3) is 0 Å². The zero-order valence-corrected chi connectivity index (χ0v) is 8.81. The van der Waals surface area contributed by atoms with Crippen molar-refractivity contribution in [1.29, 1.82) is 0 Å². The van der Waals surface area contributed by atoms with Gasteiger partial charge in [0.2, 0.25) is 11.9 Å². The molecule has 1 unspecified atom stereocenters. The van der Waals surface area contributed by atoms with Crippen LogP contribution in [-0.2, 0) is 4.79 Å². The first-order chi connectivity index (χ1) is 7.20. The Hall–Kier alpha value is -1.36. The van der Waals surface area contributed by atoms with Gasteiger partial charge in [0, 0.05) is 25.0 Å². The maximum Gasteiger partial charge on any atom is 0.234 e. The van der Waals surface area contributed by atoms with Gasteiger partial charge in [-0.15, -0.1) is 11.6 Å². The summed E-state index contributed by atoms with van der Waals surface area (Å²) in [5.74, 6) is 1.40. The molecule has 2 N–H and O–H groups in total. The monoisotopic (exact) mass is 226 g/mol. The topological polar surface area (TPSA) is 72.1 Å². The lowest BCUT2D eigenvalue weighted by Gasteiger charge is -2.13. The second-order valence-corrected chi connectivity index (χ2v) is 3.82. The van der Waals surface area contributed by atoms with Crippen molar-refractivity contribution in [3.8, 4) is 0 Å². The molecular formula is C9H11ClN4O. The predicted octanol–water partition coefficient (Wildman–Crippen LogP) is 0.650. The van der Waals surface area contributed by atoms with Gasteiger partial charge in [-0.1, -0.05) is 0 Å². The summed E-state index contributed by atoms with van der Waals surface area (Å²) >= 11 is 5.71. The fourth-order valence-corrected chi connectivity index (χ4v) is 1.78. The Morgan fingerprint density at radius 3 is 3.07 bits per heavy atom. The Balaban J connectivity index is 2.21. The standard InChI is InChI=1S/C9H11ClN4O/c10-4-6-3-8(15)14(5-6)9-12-2-1-7(11)13-9/h1-2,6H,3-5H2,(H2,11,12,13). The van der Waals surface area contributed by atoms with Gasteiger partial charge >= 0.3 is 0 Å². The highest BCUT2D eigenvalue weighted by atomic mass is 35.5. The van der Waals surface area contributed by atoms with Crippen LogP contribution in [0.3, 0.4) is 0 Å². The van der Waals surface area contributed by atoms with Gasteiger partial charge in [-0.25, -0.2) is 4.98 Å². The molecule has 1 amide bonds. The highest BCUT2D eigenvalue weighted by Gasteiger charge is 2.31. The maximum absolute atomic E-state index is 11.6. The molecule has 1 saturated heterocycles. The first-order valence-electron chi connectivity index (χ1n) is 4.65. The molecule has 5 nitrogen and oxygen atoms in total. The summed E-state index contributed by atoms with van der Waals surface area (Å²) in [7, 11) is 0. The van der Waals surface area contributed by atoms with E-state index in [4.69, 9.17) is 17.3 Å². The SMILES string of the molecule is Nc1ccnc(N2CC(CCl)CC2=O)n1. The Kier molecular flexibility index (Phi) is 2.73. The molecule has 0 aromatic carbocycles. The first kappa shape index (κ1) is 10.2. The molecule has 0 aliphatic carbocycles. The van der Waals surface area contributed by atoms with E-state index in [0.717, 1.165) is 0 Å². The number of aromatic nitrogens is 2. The fourth-order valence-electron chi connectivity index (χ4n) is 1.57. The van der Waals surface area contributed by atoms with Crippen LogP contribution in [0.1, 0.15) is 6.42 Å². The van der Waals surface area contributed by atoms with Crippen molar-refractivity contribution in [2.45, 2.75) is 6.42 Å². The Morgan fingerprint density at radius 1 is 1.67 bits per heavy atom. The molecule has 15 heavy (non-hydrogen) atoms. The molecule has 6 heteroatoms. The second-order valence-electron chi connectivity index (χ2n) is 3.51. The molecule has 2 rings (SSSR count). The summed E-state index contributed by atoms with van der Waals surface area (Å²) in [5.41, 5.74) is 5.52. The predicted molar refractivity (Wildman–Crippen MR) is 57.6 cm³/mol. The van der Waals surface area contributed by atoms with E-state index in [2.05, 4.69) is 9.97 Å². The van der Waals surface area contributed by atoms with E-state index >= 15 is 0 Å². The van der Waals surface area contributed by atoms with E-state index in [9.17, 15) is 4.79 Å². The summed E-state index contributed by atoms with van der Waals surface area (Å²) in [6.45, 7) is 0.575. The van der Waals surface area contributed by atoms with Crippen LogP contribution in [0.2, 0.25) is 0 Å². The highest BCUT2D eigenvalue weighted by Crippen LogP contribution is 2.22. The van der Waals surface area contributed by atoms with Gasteiger partial charge in [0.05, 0.1) is 0 Å². The van der Waals surface area contributed by atoms with Gasteiger partial charge < -0.3 is 5.73 Å². The van der Waals surface area contributed by atoms with Gasteiger partial charge in [-0.2, -0.15) is 4.98 Å². The lowest BCUT2D eigenvalue weighted by Crippen LogP contribution is -2.26. The van der Waals surface area contributed by atoms with E-state index in [1.54, 1.807) is 12.3 Å². The lowest BCUT2D eigenvalue weighted by molar-refractivity contribution is -0.117. The quantitative estimate of drug-likeness (QED) is 0.752. The summed E-state index contributed by atoms with van der Waals surface area (Å²) < 4.78 is 0. The molecule has 1 aromatic heterocycles. The first-order valence-corrected chi connectivity index (χ1v) is 5.19. The Bertz CT molecular complexity index is 384. The summed E-state index contributed by atoms with van der Waals surface area (Å²) in [6.07, 6.45) is 2.00. The number of carbonyl (C=O) groups excluding carboxylic acids is 1. The van der Waals surface area contributed by atoms with Crippen molar-refractivity contribution in [2.24, 2.45) is 5.92 Å². The molecule has 2 heterocycles. The molecule has 80 valence electrons. The number of nitrogens with zero attached hydrogens (tertiary/aromatic N) is 3. The van der Waals surface area contributed by atoms with Crippen LogP contribution in [-0.4, -0.2) is 28.3 Å². The number of nitrogens with two attached hydrogens (primary N) is 1. The van der Waals surface area contributed by atoms with Gasteiger partial charge in [0.1, 0.15) is 5.82 Å². The number of rotatable bonds is 2. The summed E-state index contributed by atoms with van der Waals surface area (Å²) in [6, 6.07) is 1.59. The fraction of sp³-hybridized carbons (Fsp3) is 0.444. The van der Waals surface area contributed by atoms with Crippen molar-refractivity contribution in [3.63, 3.8) is 0 Å². The third kappa shape index (κ3) is 2.02. The number of nitrogen functional groups attached to an aromatic ring is 1. The number of hydrogen-bond donors (Lipinski definition) is 1. The van der Waals surface area contributed by atoms with Crippen LogP contribution in [0.4, 0.5) is 11.8 Å². The third-order valence-corrected chi connectivity index (χ3v) is 2.77. The van der Waals surface area contributed by atoms with Gasteiger partial charge in [-0.3, -0.25) is 9.69 Å². The lowest BCUT2D eigenvalue weighted by atomic mass is 10.2. The smallest absolute Gasteiger partial charge is 0.234 e. The molecule has 0 radical (unpaired) electrons.